The molecule has 0 saturated heterocycles. The van der Waals surface area contributed by atoms with Gasteiger partial charge in [0.25, 0.3) is 0 Å². The van der Waals surface area contributed by atoms with Gasteiger partial charge in [-0.15, -0.1) is 74.6 Å². The van der Waals surface area contributed by atoms with Crippen LogP contribution in [-0.4, -0.2) is 9.52 Å². The first-order chi connectivity index (χ1) is 27.5. The van der Waals surface area contributed by atoms with Gasteiger partial charge in [0.15, 0.2) is 0 Å². The zero-order valence-corrected chi connectivity index (χ0v) is 40.4. The third-order valence-corrected chi connectivity index (χ3v) is 12.5. The van der Waals surface area contributed by atoms with Crippen molar-refractivity contribution in [1.82, 2.24) is 0 Å². The summed E-state index contributed by atoms with van der Waals surface area (Å²) in [4.78, 5) is 0. The second kappa shape index (κ2) is 18.7. The van der Waals surface area contributed by atoms with Crippen molar-refractivity contribution in [2.45, 2.75) is 91.9 Å². The molecule has 0 aromatic heterocycles. The minimum atomic E-state index is 0. The van der Waals surface area contributed by atoms with Crippen LogP contribution in [0.15, 0.2) is 152 Å². The van der Waals surface area contributed by atoms with Gasteiger partial charge in [-0.3, -0.25) is 0 Å². The Labute approximate surface area is 370 Å². The van der Waals surface area contributed by atoms with Crippen LogP contribution in [0.5, 0.6) is 0 Å². The van der Waals surface area contributed by atoms with E-state index in [1.807, 2.05) is 6.07 Å². The molecule has 292 valence electrons. The van der Waals surface area contributed by atoms with Gasteiger partial charge < -0.3 is 0 Å². The standard InChI is InChI=1S/2C22H25.C12H7Si.Hf/c2*1-5-9-16-14-17-10-8-12-18(20(17)15-16)19-11-6-7-13-21(19)22(2,3)4;1-3-7-11-9(5-1)10-6-2-4-8-12(10)13-11;/h2*6-8,10-15H,5,9H2,1-4H3;1-7H;/q3*-1;. The van der Waals surface area contributed by atoms with E-state index in [1.54, 1.807) is 0 Å². The molecule has 1 heterocycles. The average Bonchev–Trinajstić information content (AvgIpc) is 3.93. The summed E-state index contributed by atoms with van der Waals surface area (Å²) in [6, 6.07) is 58.7. The molecule has 0 aliphatic carbocycles. The van der Waals surface area contributed by atoms with E-state index in [9.17, 15) is 0 Å². The molecular formula is C56H57HfSi-3. The van der Waals surface area contributed by atoms with E-state index in [-0.39, 0.29) is 36.7 Å². The fourth-order valence-corrected chi connectivity index (χ4v) is 9.71. The Kier molecular flexibility index (Phi) is 13.9. The minimum absolute atomic E-state index is 0. The molecule has 8 aromatic carbocycles. The van der Waals surface area contributed by atoms with Crippen LogP contribution in [0.2, 0.25) is 0 Å². The first-order valence-electron chi connectivity index (χ1n) is 20.9. The zero-order valence-electron chi connectivity index (χ0n) is 35.8. The van der Waals surface area contributed by atoms with E-state index in [0.717, 1.165) is 22.4 Å². The molecule has 0 saturated carbocycles. The van der Waals surface area contributed by atoms with Gasteiger partial charge in [0, 0.05) is 25.8 Å². The number of rotatable bonds is 6. The summed E-state index contributed by atoms with van der Waals surface area (Å²) in [6.45, 7) is 18.2. The van der Waals surface area contributed by atoms with Crippen molar-refractivity contribution < 1.29 is 25.8 Å². The van der Waals surface area contributed by atoms with Crippen LogP contribution in [0.3, 0.4) is 0 Å². The van der Waals surface area contributed by atoms with Crippen LogP contribution < -0.4 is 10.4 Å². The molecule has 1 aliphatic heterocycles. The van der Waals surface area contributed by atoms with Gasteiger partial charge in [0.2, 0.25) is 0 Å². The van der Waals surface area contributed by atoms with Crippen LogP contribution in [0.25, 0.3) is 54.9 Å². The number of hydrogen-bond acceptors (Lipinski definition) is 0. The summed E-state index contributed by atoms with van der Waals surface area (Å²) in [5.74, 6) is 0. The van der Waals surface area contributed by atoms with E-state index in [2.05, 4.69) is 207 Å². The number of aryl methyl sites for hydroxylation is 2. The Bertz CT molecular complexity index is 2420. The Morgan fingerprint density at radius 1 is 0.483 bits per heavy atom. The Hall–Kier alpha value is -4.37. The smallest absolute Gasteiger partial charge is 0.0920 e. The monoisotopic (exact) mass is 937 g/mol. The predicted octanol–water partition coefficient (Wildman–Crippen LogP) is 14.1. The molecule has 0 spiro atoms. The predicted molar refractivity (Wildman–Crippen MR) is 251 cm³/mol. The number of hydrogen-bond donors (Lipinski definition) is 0. The van der Waals surface area contributed by atoms with Crippen molar-refractivity contribution in [1.29, 1.82) is 0 Å². The van der Waals surface area contributed by atoms with E-state index < -0.39 is 0 Å². The van der Waals surface area contributed by atoms with Crippen LogP contribution in [0.4, 0.5) is 0 Å². The van der Waals surface area contributed by atoms with Gasteiger partial charge in [0.1, 0.15) is 0 Å². The molecule has 0 fully saturated rings. The van der Waals surface area contributed by atoms with Gasteiger partial charge in [0.05, 0.1) is 9.52 Å². The van der Waals surface area contributed by atoms with Crippen molar-refractivity contribution in [2.24, 2.45) is 0 Å². The van der Waals surface area contributed by atoms with Crippen LogP contribution in [0.1, 0.15) is 90.5 Å². The van der Waals surface area contributed by atoms with E-state index in [4.69, 9.17) is 0 Å². The van der Waals surface area contributed by atoms with Crippen LogP contribution in [0, 0.1) is 6.07 Å². The molecule has 0 unspecified atom stereocenters. The van der Waals surface area contributed by atoms with Crippen LogP contribution >= 0.6 is 0 Å². The summed E-state index contributed by atoms with van der Waals surface area (Å²) in [6.07, 6.45) is 4.72. The average molecular weight is 937 g/mol. The maximum Gasteiger partial charge on any atom is 0.0920 e. The molecule has 0 nitrogen and oxygen atoms in total. The molecule has 58 heavy (non-hydrogen) atoms. The molecule has 2 heteroatoms. The first-order valence-corrected chi connectivity index (χ1v) is 21.9. The van der Waals surface area contributed by atoms with Gasteiger partial charge >= 0.3 is 0 Å². The van der Waals surface area contributed by atoms with Crippen molar-refractivity contribution >= 4 is 41.4 Å². The van der Waals surface area contributed by atoms with Crippen molar-refractivity contribution in [2.75, 3.05) is 0 Å². The van der Waals surface area contributed by atoms with Gasteiger partial charge in [-0.05, 0) is 45.9 Å². The summed E-state index contributed by atoms with van der Waals surface area (Å²) in [7, 11) is 0.795. The zero-order chi connectivity index (χ0) is 40.2. The summed E-state index contributed by atoms with van der Waals surface area (Å²) in [5, 5.41) is 8.34. The molecule has 1 aliphatic rings. The summed E-state index contributed by atoms with van der Waals surface area (Å²) in [5.41, 5.74) is 14.3. The molecule has 0 N–H and O–H groups in total. The third-order valence-electron chi connectivity index (χ3n) is 11.1. The molecule has 2 radical (unpaired) electrons. The largest absolute Gasteiger partial charge is 0.184 e. The number of benzene rings is 6. The second-order valence-corrected chi connectivity index (χ2v) is 18.9. The van der Waals surface area contributed by atoms with Crippen LogP contribution in [-0.2, 0) is 49.5 Å². The van der Waals surface area contributed by atoms with Crippen molar-refractivity contribution in [3.05, 3.63) is 180 Å². The van der Waals surface area contributed by atoms with E-state index in [1.165, 1.54) is 100 Å². The fourth-order valence-electron chi connectivity index (χ4n) is 8.40. The SMILES string of the molecule is CCCc1cc2c(-c3ccccc3C(C)(C)C)cccc2[cH-]1.CCCc1cc2c(-c3ccccc3C(C)(C)C)cccc2[cH-]1.[Hf].[c-]1cccc2c1[Si]c1ccccc1-2. The molecule has 9 rings (SSSR count). The maximum atomic E-state index is 3.31. The Balaban J connectivity index is 0.000000150. The topological polar surface area (TPSA) is 0 Å². The first kappa shape index (κ1) is 43.2. The normalized spacial score (nSPS) is 11.9. The molecule has 0 amide bonds. The fraction of sp³-hybridized carbons (Fsp3) is 0.250. The summed E-state index contributed by atoms with van der Waals surface area (Å²) >= 11 is 0. The molecule has 0 atom stereocenters. The molecular weight excluding hydrogens is 879 g/mol. The Morgan fingerprint density at radius 3 is 1.40 bits per heavy atom. The second-order valence-electron chi connectivity index (χ2n) is 17.6. The summed E-state index contributed by atoms with van der Waals surface area (Å²) < 4.78 is 0. The van der Waals surface area contributed by atoms with Gasteiger partial charge in [-0.25, -0.2) is 0 Å². The minimum Gasteiger partial charge on any atom is -0.184 e. The molecule has 8 aromatic rings. The van der Waals surface area contributed by atoms with Gasteiger partial charge in [-0.1, -0.05) is 175 Å². The Morgan fingerprint density at radius 2 is 0.914 bits per heavy atom. The number of fused-ring (bicyclic) bond motifs is 5. The quantitative estimate of drug-likeness (QED) is 0.115. The third kappa shape index (κ3) is 9.56. The van der Waals surface area contributed by atoms with E-state index >= 15 is 0 Å². The van der Waals surface area contributed by atoms with Crippen molar-refractivity contribution in [3.63, 3.8) is 0 Å². The van der Waals surface area contributed by atoms with Crippen molar-refractivity contribution in [3.8, 4) is 33.4 Å². The molecule has 0 bridgehead atoms. The van der Waals surface area contributed by atoms with E-state index in [0.29, 0.717) is 0 Å². The maximum absolute atomic E-state index is 3.31. The van der Waals surface area contributed by atoms with Gasteiger partial charge in [-0.2, -0.15) is 41.6 Å².